The van der Waals surface area contributed by atoms with Gasteiger partial charge in [0.15, 0.2) is 17.5 Å². The minimum absolute atomic E-state index is 0.651. The molecule has 5 nitrogen and oxygen atoms in total. The summed E-state index contributed by atoms with van der Waals surface area (Å²) in [6.45, 7) is 0. The van der Waals surface area contributed by atoms with Crippen LogP contribution in [0.15, 0.2) is 168 Å². The summed E-state index contributed by atoms with van der Waals surface area (Å²) in [4.78, 5) is 15.3. The van der Waals surface area contributed by atoms with Crippen molar-refractivity contribution < 1.29 is 4.42 Å². The van der Waals surface area contributed by atoms with Gasteiger partial charge in [-0.3, -0.25) is 0 Å². The molecule has 268 valence electrons. The molecule has 0 aliphatic heterocycles. The molecule has 57 heavy (non-hydrogen) atoms. The molecule has 0 amide bonds. The molecule has 0 N–H and O–H groups in total. The fourth-order valence-electron chi connectivity index (χ4n) is 8.76. The number of hydrogen-bond donors (Lipinski definition) is 0. The molecule has 0 unspecified atom stereocenters. The van der Waals surface area contributed by atoms with E-state index >= 15 is 0 Å². The van der Waals surface area contributed by atoms with Crippen molar-refractivity contribution in [2.24, 2.45) is 0 Å². The lowest BCUT2D eigenvalue weighted by Gasteiger charge is -2.13. The summed E-state index contributed by atoms with van der Waals surface area (Å²) in [5, 5.41) is 5.85. The second-order valence-corrected chi connectivity index (χ2v) is 15.7. The fraction of sp³-hybridized carbons (Fsp3) is 0.0392. The van der Waals surface area contributed by atoms with E-state index in [0.717, 1.165) is 73.7 Å². The van der Waals surface area contributed by atoms with E-state index in [-0.39, 0.29) is 0 Å². The molecular formula is C51H32N4OS. The Labute approximate surface area is 331 Å². The Balaban J connectivity index is 1.05. The molecule has 0 radical (unpaired) electrons. The number of aromatic nitrogens is 4. The van der Waals surface area contributed by atoms with E-state index in [1.54, 1.807) is 11.3 Å². The van der Waals surface area contributed by atoms with Crippen LogP contribution in [0.3, 0.4) is 0 Å². The van der Waals surface area contributed by atoms with E-state index in [4.69, 9.17) is 19.4 Å². The highest BCUT2D eigenvalue weighted by atomic mass is 32.1. The van der Waals surface area contributed by atoms with Gasteiger partial charge < -0.3 is 8.98 Å². The third kappa shape index (κ3) is 5.11. The highest BCUT2D eigenvalue weighted by Crippen LogP contribution is 2.45. The Bertz CT molecular complexity index is 3350. The zero-order chi connectivity index (χ0) is 37.5. The predicted molar refractivity (Wildman–Crippen MR) is 236 cm³/mol. The molecule has 12 rings (SSSR count). The van der Waals surface area contributed by atoms with Crippen molar-refractivity contribution >= 4 is 70.4 Å². The van der Waals surface area contributed by atoms with Crippen LogP contribution in [-0.4, -0.2) is 19.5 Å². The van der Waals surface area contributed by atoms with Gasteiger partial charge >= 0.3 is 0 Å². The van der Waals surface area contributed by atoms with Gasteiger partial charge in [-0.15, -0.1) is 11.3 Å². The minimum atomic E-state index is 0.651. The van der Waals surface area contributed by atoms with Crippen LogP contribution in [0.4, 0.5) is 0 Å². The molecule has 4 aromatic heterocycles. The van der Waals surface area contributed by atoms with E-state index in [2.05, 4.69) is 138 Å². The summed E-state index contributed by atoms with van der Waals surface area (Å²) in [7, 11) is 0. The Morgan fingerprint density at radius 2 is 1.14 bits per heavy atom. The first-order valence-corrected chi connectivity index (χ1v) is 20.1. The van der Waals surface area contributed by atoms with Crippen LogP contribution in [0.1, 0.15) is 17.7 Å². The maximum atomic E-state index is 6.49. The zero-order valence-electron chi connectivity index (χ0n) is 30.7. The molecule has 0 saturated carbocycles. The molecule has 0 bridgehead atoms. The van der Waals surface area contributed by atoms with E-state index in [0.29, 0.717) is 17.5 Å². The van der Waals surface area contributed by atoms with Crippen molar-refractivity contribution in [1.29, 1.82) is 0 Å². The molecule has 7 aromatic carbocycles. The molecular weight excluding hydrogens is 717 g/mol. The maximum absolute atomic E-state index is 6.49. The third-order valence-corrected chi connectivity index (χ3v) is 12.5. The number of nitrogens with zero attached hydrogens (tertiary/aromatic N) is 4. The molecule has 6 heteroatoms. The van der Waals surface area contributed by atoms with Crippen molar-refractivity contribution in [2.45, 2.75) is 12.8 Å². The summed E-state index contributed by atoms with van der Waals surface area (Å²) < 4.78 is 11.3. The van der Waals surface area contributed by atoms with Crippen molar-refractivity contribution in [1.82, 2.24) is 19.5 Å². The first-order valence-electron chi connectivity index (χ1n) is 19.3. The largest absolute Gasteiger partial charge is 0.456 e. The Hall–Kier alpha value is -7.15. The Kier molecular flexibility index (Phi) is 7.16. The molecule has 0 saturated heterocycles. The van der Waals surface area contributed by atoms with Crippen molar-refractivity contribution in [3.63, 3.8) is 0 Å². The molecule has 1 aliphatic rings. The first-order chi connectivity index (χ1) is 28.2. The summed E-state index contributed by atoms with van der Waals surface area (Å²) in [6, 6.07) is 55.4. The van der Waals surface area contributed by atoms with Crippen LogP contribution in [0.25, 0.3) is 110 Å². The minimum Gasteiger partial charge on any atom is -0.456 e. The van der Waals surface area contributed by atoms with Crippen LogP contribution in [-0.2, 0) is 6.42 Å². The predicted octanol–water partition coefficient (Wildman–Crippen LogP) is 13.7. The number of fused-ring (bicyclic) bond motifs is 9. The van der Waals surface area contributed by atoms with E-state index in [1.165, 1.54) is 36.9 Å². The van der Waals surface area contributed by atoms with E-state index in [9.17, 15) is 0 Å². The lowest BCUT2D eigenvalue weighted by Crippen LogP contribution is -2.02. The van der Waals surface area contributed by atoms with Crippen molar-refractivity contribution in [3.05, 3.63) is 175 Å². The summed E-state index contributed by atoms with van der Waals surface area (Å²) in [6.07, 6.45) is 6.65. The van der Waals surface area contributed by atoms with E-state index in [1.807, 2.05) is 36.4 Å². The summed E-state index contributed by atoms with van der Waals surface area (Å²) in [5.41, 5.74) is 12.0. The Morgan fingerprint density at radius 1 is 0.509 bits per heavy atom. The molecule has 4 heterocycles. The number of hydrogen-bond acceptors (Lipinski definition) is 5. The smallest absolute Gasteiger partial charge is 0.164 e. The number of allylic oxidation sites excluding steroid dienone is 1. The normalized spacial score (nSPS) is 12.7. The van der Waals surface area contributed by atoms with Gasteiger partial charge in [0.05, 0.1) is 5.52 Å². The van der Waals surface area contributed by atoms with E-state index < -0.39 is 0 Å². The first kappa shape index (κ1) is 32.1. The summed E-state index contributed by atoms with van der Waals surface area (Å²) >= 11 is 1.80. The van der Waals surface area contributed by atoms with Crippen LogP contribution < -0.4 is 0 Å². The van der Waals surface area contributed by atoms with Gasteiger partial charge in [0.2, 0.25) is 0 Å². The Morgan fingerprint density at radius 3 is 1.89 bits per heavy atom. The second-order valence-electron chi connectivity index (χ2n) is 14.6. The lowest BCUT2D eigenvalue weighted by atomic mass is 9.96. The third-order valence-electron chi connectivity index (χ3n) is 11.3. The second kappa shape index (κ2) is 12.7. The topological polar surface area (TPSA) is 56.7 Å². The molecule has 0 spiro atoms. The van der Waals surface area contributed by atoms with Gasteiger partial charge in [0, 0.05) is 70.0 Å². The molecule has 1 aliphatic carbocycles. The van der Waals surface area contributed by atoms with Crippen molar-refractivity contribution in [3.8, 4) is 51.0 Å². The van der Waals surface area contributed by atoms with Crippen LogP contribution in [0, 0.1) is 0 Å². The van der Waals surface area contributed by atoms with Gasteiger partial charge in [-0.2, -0.15) is 0 Å². The molecule has 11 aromatic rings. The number of rotatable bonds is 5. The number of thiophene rings is 1. The number of furan rings is 1. The van der Waals surface area contributed by atoms with Gasteiger partial charge in [0.1, 0.15) is 11.2 Å². The zero-order valence-corrected chi connectivity index (χ0v) is 31.5. The van der Waals surface area contributed by atoms with Gasteiger partial charge in [0.25, 0.3) is 0 Å². The van der Waals surface area contributed by atoms with Gasteiger partial charge in [-0.25, -0.2) is 15.0 Å². The van der Waals surface area contributed by atoms with Crippen molar-refractivity contribution in [2.75, 3.05) is 0 Å². The SMILES string of the molecule is C1=Cc2c(n(-c3ccc4oc5ccc(-c6cccc7sc8cccc(-c9nc(-c%10ccccc%10)nc(-c%10ccccc%10)n9)c8c67)cc5c4c3)c3ccccc23)CC1. The molecule has 0 fully saturated rings. The van der Waals surface area contributed by atoms with Gasteiger partial charge in [-0.1, -0.05) is 121 Å². The van der Waals surface area contributed by atoms with Gasteiger partial charge in [-0.05, 0) is 72.5 Å². The van der Waals surface area contributed by atoms with Crippen LogP contribution >= 0.6 is 11.3 Å². The number of benzene rings is 7. The monoisotopic (exact) mass is 748 g/mol. The fourth-order valence-corrected chi connectivity index (χ4v) is 9.92. The lowest BCUT2D eigenvalue weighted by molar-refractivity contribution is 0.669. The maximum Gasteiger partial charge on any atom is 0.164 e. The highest BCUT2D eigenvalue weighted by Gasteiger charge is 2.22. The highest BCUT2D eigenvalue weighted by molar-refractivity contribution is 7.26. The quantitative estimate of drug-likeness (QED) is 0.176. The van der Waals surface area contributed by atoms with Crippen LogP contribution in [0.2, 0.25) is 0 Å². The standard InChI is InChI=1S/C51H32N4OS/c1-3-13-31(14-4-1)49-52-50(32-15-5-2-6-16-32)54-51(53-49)38-20-12-24-46-48(38)47-35(19-11-23-45(47)57-46)33-25-27-43-39(29-33)40-30-34(26-28-44(40)56-43)55-41-21-9-7-17-36(41)37-18-8-10-22-42(37)55/h1-9,11-21,23-30H,10,22H2. The average molecular weight is 749 g/mol. The number of para-hydroxylation sites is 1. The summed E-state index contributed by atoms with van der Waals surface area (Å²) in [5.74, 6) is 1.96. The van der Waals surface area contributed by atoms with Crippen LogP contribution in [0.5, 0.6) is 0 Å². The molecule has 0 atom stereocenters. The average Bonchev–Trinajstić information content (AvgIpc) is 3.96.